The van der Waals surface area contributed by atoms with Crippen LogP contribution < -0.4 is 20.7 Å². The maximum Gasteiger partial charge on any atom is 0.272 e. The lowest BCUT2D eigenvalue weighted by molar-refractivity contribution is -0.115. The number of hydrogen-bond donors (Lipinski definition) is 3. The van der Waals surface area contributed by atoms with Crippen molar-refractivity contribution in [2.45, 2.75) is 30.9 Å². The zero-order chi connectivity index (χ0) is 30.8. The van der Waals surface area contributed by atoms with Gasteiger partial charge in [-0.2, -0.15) is 0 Å². The predicted octanol–water partition coefficient (Wildman–Crippen LogP) is 7.58. The van der Waals surface area contributed by atoms with Crippen molar-refractivity contribution in [1.82, 2.24) is 5.32 Å². The highest BCUT2D eigenvalue weighted by molar-refractivity contribution is 8.00. The molecule has 1 atom stereocenters. The maximum atomic E-state index is 13.4. The number of para-hydroxylation sites is 1. The van der Waals surface area contributed by atoms with E-state index in [1.54, 1.807) is 54.6 Å². The molecule has 4 aromatic carbocycles. The molecule has 0 aliphatic heterocycles. The van der Waals surface area contributed by atoms with Crippen LogP contribution in [-0.2, 0) is 9.59 Å². The number of thioether (sulfide) groups is 1. The summed E-state index contributed by atoms with van der Waals surface area (Å²) in [6, 6.07) is 28.5. The largest absolute Gasteiger partial charge is 0.493 e. The van der Waals surface area contributed by atoms with Crippen LogP contribution in [0.15, 0.2) is 108 Å². The summed E-state index contributed by atoms with van der Waals surface area (Å²) in [4.78, 5) is 40.0. The maximum absolute atomic E-state index is 13.4. The summed E-state index contributed by atoms with van der Waals surface area (Å²) in [5.74, 6) is -0.476. The number of rotatable bonds is 11. The van der Waals surface area contributed by atoms with Crippen molar-refractivity contribution in [3.8, 4) is 5.75 Å². The van der Waals surface area contributed by atoms with Gasteiger partial charge in [0, 0.05) is 32.4 Å². The van der Waals surface area contributed by atoms with E-state index in [0.29, 0.717) is 39.9 Å². The lowest BCUT2D eigenvalue weighted by Crippen LogP contribution is -2.30. The molecule has 0 heterocycles. The van der Waals surface area contributed by atoms with Crippen LogP contribution >= 0.6 is 23.4 Å². The monoisotopic (exact) mass is 613 g/mol. The zero-order valence-electron chi connectivity index (χ0n) is 24.0. The number of nitrogens with one attached hydrogen (secondary N) is 3. The van der Waals surface area contributed by atoms with Crippen LogP contribution in [0, 0.1) is 6.92 Å². The number of carbonyl (C=O) groups excluding carboxylic acids is 3. The molecule has 7 nitrogen and oxygen atoms in total. The van der Waals surface area contributed by atoms with Gasteiger partial charge in [0.1, 0.15) is 11.4 Å². The summed E-state index contributed by atoms with van der Waals surface area (Å²) in [5, 5.41) is 8.69. The first-order chi connectivity index (χ1) is 20.7. The second-order valence-electron chi connectivity index (χ2n) is 9.54. The molecule has 3 N–H and O–H groups in total. The minimum absolute atomic E-state index is 0.0564. The first-order valence-corrected chi connectivity index (χ1v) is 14.9. The fraction of sp³-hybridized carbons (Fsp3) is 0.147. The molecule has 0 aliphatic carbocycles. The molecule has 4 aromatic rings. The van der Waals surface area contributed by atoms with Crippen LogP contribution in [0.25, 0.3) is 6.08 Å². The standard InChI is InChI=1S/C34H32ClN3O4S/c1-4-42-31-13-9-8-12-25(31)20-30(38-33(40)24-10-6-5-7-11-24)34(41)36-26-16-18-28(19-17-26)43-23(3)32(39)37-27-15-14-22(2)29(35)21-27/h5-21,23H,4H2,1-3H3,(H,36,41)(H,37,39)(H,38,40)/b30-20-. The Labute approximate surface area is 260 Å². The Kier molecular flexibility index (Phi) is 11.0. The minimum Gasteiger partial charge on any atom is -0.493 e. The number of halogens is 1. The highest BCUT2D eigenvalue weighted by Crippen LogP contribution is 2.27. The topological polar surface area (TPSA) is 96.5 Å². The number of benzene rings is 4. The van der Waals surface area contributed by atoms with Crippen LogP contribution in [-0.4, -0.2) is 29.6 Å². The van der Waals surface area contributed by atoms with E-state index >= 15 is 0 Å². The third kappa shape index (κ3) is 8.98. The highest BCUT2D eigenvalue weighted by Gasteiger charge is 2.18. The van der Waals surface area contributed by atoms with Gasteiger partial charge < -0.3 is 20.7 Å². The van der Waals surface area contributed by atoms with Crippen molar-refractivity contribution >= 4 is 58.5 Å². The molecule has 220 valence electrons. The second kappa shape index (κ2) is 15.1. The zero-order valence-corrected chi connectivity index (χ0v) is 25.6. The molecular formula is C34H32ClN3O4S. The summed E-state index contributed by atoms with van der Waals surface area (Å²) >= 11 is 7.56. The van der Waals surface area contributed by atoms with Gasteiger partial charge in [0.05, 0.1) is 11.9 Å². The molecule has 0 aliphatic rings. The number of anilines is 2. The Hall–Kier alpha value is -4.53. The highest BCUT2D eigenvalue weighted by atomic mass is 35.5. The summed E-state index contributed by atoms with van der Waals surface area (Å²) in [6.07, 6.45) is 1.59. The van der Waals surface area contributed by atoms with Crippen LogP contribution in [0.3, 0.4) is 0 Å². The Morgan fingerprint density at radius 2 is 1.56 bits per heavy atom. The Morgan fingerprint density at radius 3 is 2.26 bits per heavy atom. The Bertz CT molecular complexity index is 1620. The van der Waals surface area contributed by atoms with Gasteiger partial charge in [0.25, 0.3) is 11.8 Å². The van der Waals surface area contributed by atoms with Crippen molar-refractivity contribution in [3.63, 3.8) is 0 Å². The van der Waals surface area contributed by atoms with E-state index in [2.05, 4.69) is 16.0 Å². The van der Waals surface area contributed by atoms with Crippen molar-refractivity contribution in [2.75, 3.05) is 17.2 Å². The van der Waals surface area contributed by atoms with E-state index < -0.39 is 11.8 Å². The normalized spacial score (nSPS) is 11.8. The molecule has 3 amide bonds. The molecule has 0 radical (unpaired) electrons. The van der Waals surface area contributed by atoms with Crippen molar-refractivity contribution in [1.29, 1.82) is 0 Å². The van der Waals surface area contributed by atoms with Crippen LogP contribution in [0.5, 0.6) is 5.75 Å². The summed E-state index contributed by atoms with van der Waals surface area (Å²) in [5.41, 5.74) is 3.22. The Balaban J connectivity index is 1.46. The van der Waals surface area contributed by atoms with Crippen LogP contribution in [0.2, 0.25) is 5.02 Å². The minimum atomic E-state index is -0.500. The number of carbonyl (C=O) groups is 3. The molecule has 0 aromatic heterocycles. The van der Waals surface area contributed by atoms with E-state index in [-0.39, 0.29) is 16.9 Å². The fourth-order valence-electron chi connectivity index (χ4n) is 3.97. The Morgan fingerprint density at radius 1 is 0.884 bits per heavy atom. The summed E-state index contributed by atoms with van der Waals surface area (Å²) in [6.45, 7) is 6.05. The van der Waals surface area contributed by atoms with E-state index in [1.807, 2.05) is 69.3 Å². The number of amides is 3. The second-order valence-corrected chi connectivity index (χ2v) is 11.4. The molecule has 0 saturated carbocycles. The average molecular weight is 614 g/mol. The van der Waals surface area contributed by atoms with E-state index in [1.165, 1.54) is 11.8 Å². The molecule has 43 heavy (non-hydrogen) atoms. The SMILES string of the molecule is CCOc1ccccc1/C=C(\NC(=O)c1ccccc1)C(=O)Nc1ccc(SC(C)C(=O)Nc2ccc(C)c(Cl)c2)cc1. The van der Waals surface area contributed by atoms with E-state index in [4.69, 9.17) is 16.3 Å². The lowest BCUT2D eigenvalue weighted by Gasteiger charge is -2.14. The summed E-state index contributed by atoms with van der Waals surface area (Å²) < 4.78 is 5.70. The quantitative estimate of drug-likeness (QED) is 0.120. The smallest absolute Gasteiger partial charge is 0.272 e. The predicted molar refractivity (Wildman–Crippen MR) is 175 cm³/mol. The third-order valence-corrected chi connectivity index (χ3v) is 7.80. The van der Waals surface area contributed by atoms with E-state index in [9.17, 15) is 14.4 Å². The first-order valence-electron chi connectivity index (χ1n) is 13.7. The van der Waals surface area contributed by atoms with Gasteiger partial charge in [-0.05, 0) is 87.0 Å². The average Bonchev–Trinajstić information content (AvgIpc) is 3.01. The van der Waals surface area contributed by atoms with Crippen LogP contribution in [0.4, 0.5) is 11.4 Å². The fourth-order valence-corrected chi connectivity index (χ4v) is 5.02. The van der Waals surface area contributed by atoms with Crippen molar-refractivity contribution < 1.29 is 19.1 Å². The molecule has 1 unspecified atom stereocenters. The van der Waals surface area contributed by atoms with Crippen LogP contribution in [0.1, 0.15) is 35.3 Å². The van der Waals surface area contributed by atoms with Gasteiger partial charge in [-0.15, -0.1) is 11.8 Å². The molecular weight excluding hydrogens is 582 g/mol. The molecule has 0 saturated heterocycles. The number of ether oxygens (including phenoxy) is 1. The third-order valence-electron chi connectivity index (χ3n) is 6.28. The molecule has 9 heteroatoms. The number of hydrogen-bond acceptors (Lipinski definition) is 5. The molecule has 0 fully saturated rings. The van der Waals surface area contributed by atoms with E-state index in [0.717, 1.165) is 10.5 Å². The van der Waals surface area contributed by atoms with Crippen molar-refractivity contribution in [2.24, 2.45) is 0 Å². The molecule has 0 bridgehead atoms. The van der Waals surface area contributed by atoms with Gasteiger partial charge in [-0.1, -0.05) is 54.1 Å². The van der Waals surface area contributed by atoms with Gasteiger partial charge in [-0.3, -0.25) is 14.4 Å². The van der Waals surface area contributed by atoms with Crippen molar-refractivity contribution in [3.05, 3.63) is 124 Å². The van der Waals surface area contributed by atoms with Gasteiger partial charge >= 0.3 is 0 Å². The van der Waals surface area contributed by atoms with Gasteiger partial charge in [0.15, 0.2) is 0 Å². The first kappa shape index (κ1) is 31.4. The molecule has 0 spiro atoms. The van der Waals surface area contributed by atoms with Gasteiger partial charge in [0.2, 0.25) is 5.91 Å². The summed E-state index contributed by atoms with van der Waals surface area (Å²) in [7, 11) is 0. The molecule has 4 rings (SSSR count). The number of aryl methyl sites for hydroxylation is 1. The lowest BCUT2D eigenvalue weighted by atomic mass is 10.1. The van der Waals surface area contributed by atoms with Gasteiger partial charge in [-0.25, -0.2) is 0 Å².